The number of rotatable bonds is 8. The van der Waals surface area contributed by atoms with Crippen LogP contribution in [0, 0.1) is 0 Å². The van der Waals surface area contributed by atoms with Gasteiger partial charge in [-0.2, -0.15) is 0 Å². The van der Waals surface area contributed by atoms with Gasteiger partial charge >= 0.3 is 5.97 Å². The largest absolute Gasteiger partial charge is 0.490 e. The Kier molecular flexibility index (Phi) is 5.68. The number of hydrogen-bond donors (Lipinski definition) is 4. The summed E-state index contributed by atoms with van der Waals surface area (Å²) in [5, 5.41) is 12.0. The molecule has 1 amide bonds. The van der Waals surface area contributed by atoms with Crippen LogP contribution in [0.25, 0.3) is 11.0 Å². The number of carbonyl (C=O) groups excluding carboxylic acids is 1. The molecule has 0 aliphatic rings. The van der Waals surface area contributed by atoms with E-state index >= 15 is 0 Å². The number of carboxylic acids is 1. The van der Waals surface area contributed by atoms with Crippen LogP contribution in [-0.2, 0) is 11.2 Å². The van der Waals surface area contributed by atoms with Gasteiger partial charge in [-0.05, 0) is 17.7 Å². The van der Waals surface area contributed by atoms with Crippen molar-refractivity contribution >= 4 is 22.9 Å². The van der Waals surface area contributed by atoms with E-state index in [0.717, 1.165) is 5.56 Å². The van der Waals surface area contributed by atoms with Gasteiger partial charge in [-0.25, -0.2) is 9.78 Å². The van der Waals surface area contributed by atoms with E-state index < -0.39 is 17.9 Å². The summed E-state index contributed by atoms with van der Waals surface area (Å²) in [5.74, 6) is -1.19. The van der Waals surface area contributed by atoms with E-state index in [1.807, 2.05) is 30.3 Å². The van der Waals surface area contributed by atoms with Crippen LogP contribution in [0.5, 0.6) is 5.75 Å². The van der Waals surface area contributed by atoms with Crippen LogP contribution in [0.3, 0.4) is 0 Å². The molecule has 3 rings (SSSR count). The van der Waals surface area contributed by atoms with E-state index in [0.29, 0.717) is 23.3 Å². The lowest BCUT2D eigenvalue weighted by molar-refractivity contribution is -0.139. The summed E-state index contributed by atoms with van der Waals surface area (Å²) in [5.41, 5.74) is 7.76. The van der Waals surface area contributed by atoms with E-state index in [1.165, 1.54) is 12.4 Å². The van der Waals surface area contributed by atoms with Gasteiger partial charge in [0.25, 0.3) is 5.91 Å². The Morgan fingerprint density at radius 2 is 2.04 bits per heavy atom. The maximum Gasteiger partial charge on any atom is 0.326 e. The topological polar surface area (TPSA) is 130 Å². The Morgan fingerprint density at radius 3 is 2.74 bits per heavy atom. The zero-order valence-electron chi connectivity index (χ0n) is 14.5. The second-order valence-electron chi connectivity index (χ2n) is 5.96. The van der Waals surface area contributed by atoms with Crippen LogP contribution in [0.15, 0.2) is 48.8 Å². The van der Waals surface area contributed by atoms with E-state index in [-0.39, 0.29) is 18.6 Å². The number of carboxylic acid groups (broad SMARTS) is 1. The van der Waals surface area contributed by atoms with Crippen molar-refractivity contribution in [2.75, 3.05) is 13.2 Å². The molecule has 0 fully saturated rings. The molecule has 140 valence electrons. The van der Waals surface area contributed by atoms with Crippen molar-refractivity contribution < 1.29 is 19.4 Å². The van der Waals surface area contributed by atoms with Gasteiger partial charge in [0, 0.05) is 18.5 Å². The van der Waals surface area contributed by atoms with Crippen molar-refractivity contribution in [2.45, 2.75) is 12.5 Å². The Bertz CT molecular complexity index is 939. The fourth-order valence-corrected chi connectivity index (χ4v) is 2.72. The van der Waals surface area contributed by atoms with Crippen molar-refractivity contribution in [2.24, 2.45) is 5.73 Å². The lowest BCUT2D eigenvalue weighted by Gasteiger charge is -2.15. The number of aliphatic carboxylic acids is 1. The molecule has 8 nitrogen and oxygen atoms in total. The summed E-state index contributed by atoms with van der Waals surface area (Å²) in [7, 11) is 0. The molecule has 0 bridgehead atoms. The third-order valence-corrected chi connectivity index (χ3v) is 4.01. The van der Waals surface area contributed by atoms with Crippen LogP contribution < -0.4 is 15.8 Å². The number of H-pyrrole nitrogens is 1. The van der Waals surface area contributed by atoms with Crippen molar-refractivity contribution in [1.82, 2.24) is 15.3 Å². The molecule has 1 aromatic heterocycles. The molecule has 1 heterocycles. The second kappa shape index (κ2) is 8.33. The van der Waals surface area contributed by atoms with Gasteiger partial charge < -0.3 is 25.9 Å². The highest BCUT2D eigenvalue weighted by Gasteiger charge is 2.22. The number of aromatic nitrogens is 2. The zero-order valence-corrected chi connectivity index (χ0v) is 14.5. The van der Waals surface area contributed by atoms with Gasteiger partial charge in [0.15, 0.2) is 0 Å². The number of hydrogen-bond acceptors (Lipinski definition) is 5. The highest BCUT2D eigenvalue weighted by molar-refractivity contribution is 6.00. The zero-order chi connectivity index (χ0) is 19.2. The van der Waals surface area contributed by atoms with E-state index in [9.17, 15) is 14.7 Å². The monoisotopic (exact) mass is 368 g/mol. The van der Waals surface area contributed by atoms with Crippen molar-refractivity contribution in [3.63, 3.8) is 0 Å². The third-order valence-electron chi connectivity index (χ3n) is 4.01. The van der Waals surface area contributed by atoms with Crippen molar-refractivity contribution in [3.05, 3.63) is 59.9 Å². The predicted molar refractivity (Wildman–Crippen MR) is 99.7 cm³/mol. The average Bonchev–Trinajstić information content (AvgIpc) is 3.15. The molecular weight excluding hydrogens is 348 g/mol. The minimum atomic E-state index is -1.10. The summed E-state index contributed by atoms with van der Waals surface area (Å²) < 4.78 is 5.56. The molecule has 0 saturated carbocycles. The lowest BCUT2D eigenvalue weighted by Crippen LogP contribution is -2.42. The standard InChI is InChI=1S/C19H20N4O4/c20-6-7-27-16-10-13(9-14-17(16)22-11-21-14)18(24)23-15(19(25)26)8-12-4-2-1-3-5-12/h1-5,9-11,15H,6-8,20H2,(H,21,22)(H,23,24)(H,25,26). The molecule has 5 N–H and O–H groups in total. The molecule has 0 spiro atoms. The normalized spacial score (nSPS) is 11.9. The number of nitrogens with zero attached hydrogens (tertiary/aromatic N) is 1. The number of benzene rings is 2. The molecule has 27 heavy (non-hydrogen) atoms. The summed E-state index contributed by atoms with van der Waals surface area (Å²) >= 11 is 0. The number of amides is 1. The van der Waals surface area contributed by atoms with E-state index in [4.69, 9.17) is 10.5 Å². The van der Waals surface area contributed by atoms with Gasteiger partial charge in [-0.3, -0.25) is 4.79 Å². The van der Waals surface area contributed by atoms with Gasteiger partial charge in [0.05, 0.1) is 11.8 Å². The highest BCUT2D eigenvalue weighted by atomic mass is 16.5. The summed E-state index contributed by atoms with van der Waals surface area (Å²) in [6.07, 6.45) is 1.68. The fraction of sp³-hybridized carbons (Fsp3) is 0.211. The highest BCUT2D eigenvalue weighted by Crippen LogP contribution is 2.25. The van der Waals surface area contributed by atoms with Crippen LogP contribution in [-0.4, -0.2) is 46.1 Å². The van der Waals surface area contributed by atoms with Gasteiger partial charge in [-0.1, -0.05) is 30.3 Å². The van der Waals surface area contributed by atoms with Crippen LogP contribution in [0.2, 0.25) is 0 Å². The Labute approximate surface area is 155 Å². The smallest absolute Gasteiger partial charge is 0.326 e. The van der Waals surface area contributed by atoms with Crippen LogP contribution in [0.1, 0.15) is 15.9 Å². The molecule has 2 aromatic carbocycles. The maximum absolute atomic E-state index is 12.7. The number of carbonyl (C=O) groups is 2. The van der Waals surface area contributed by atoms with Crippen molar-refractivity contribution in [3.8, 4) is 5.75 Å². The molecular formula is C19H20N4O4. The van der Waals surface area contributed by atoms with Crippen molar-refractivity contribution in [1.29, 1.82) is 0 Å². The molecule has 0 radical (unpaired) electrons. The minimum absolute atomic E-state index is 0.185. The van der Waals surface area contributed by atoms with E-state index in [1.54, 1.807) is 6.07 Å². The Balaban J connectivity index is 1.82. The summed E-state index contributed by atoms with van der Waals surface area (Å²) in [6, 6.07) is 11.2. The first-order valence-electron chi connectivity index (χ1n) is 8.46. The molecule has 3 aromatic rings. The minimum Gasteiger partial charge on any atom is -0.490 e. The Hall–Kier alpha value is -3.39. The quantitative estimate of drug-likeness (QED) is 0.474. The lowest BCUT2D eigenvalue weighted by atomic mass is 10.1. The number of imidazole rings is 1. The van der Waals surface area contributed by atoms with Gasteiger partial charge in [-0.15, -0.1) is 0 Å². The van der Waals surface area contributed by atoms with Gasteiger partial charge in [0.2, 0.25) is 0 Å². The number of aromatic amines is 1. The number of nitrogens with two attached hydrogens (primary N) is 1. The molecule has 8 heteroatoms. The summed E-state index contributed by atoms with van der Waals surface area (Å²) in [4.78, 5) is 31.3. The first-order valence-corrected chi connectivity index (χ1v) is 8.46. The molecule has 0 aliphatic heterocycles. The van der Waals surface area contributed by atoms with Crippen LogP contribution in [0.4, 0.5) is 0 Å². The molecule has 1 atom stereocenters. The first-order chi connectivity index (χ1) is 13.1. The molecule has 0 saturated heterocycles. The average molecular weight is 368 g/mol. The van der Waals surface area contributed by atoms with E-state index in [2.05, 4.69) is 15.3 Å². The maximum atomic E-state index is 12.7. The van der Waals surface area contributed by atoms with Gasteiger partial charge in [0.1, 0.15) is 23.9 Å². The fourth-order valence-electron chi connectivity index (χ4n) is 2.72. The first kappa shape index (κ1) is 18.4. The number of nitrogens with one attached hydrogen (secondary N) is 2. The SMILES string of the molecule is NCCOc1cc(C(=O)NC(Cc2ccccc2)C(=O)O)cc2[nH]cnc12. The third kappa shape index (κ3) is 4.42. The second-order valence-corrected chi connectivity index (χ2v) is 5.96. The molecule has 0 aliphatic carbocycles. The Morgan fingerprint density at radius 1 is 1.26 bits per heavy atom. The molecule has 1 unspecified atom stereocenters. The van der Waals surface area contributed by atoms with Crippen LogP contribution >= 0.6 is 0 Å². The number of fused-ring (bicyclic) bond motifs is 1. The number of ether oxygens (including phenoxy) is 1. The summed E-state index contributed by atoms with van der Waals surface area (Å²) in [6.45, 7) is 0.597. The predicted octanol–water partition coefficient (Wildman–Crippen LogP) is 1.33.